The summed E-state index contributed by atoms with van der Waals surface area (Å²) in [5.74, 6) is -0.122. The van der Waals surface area contributed by atoms with Crippen LogP contribution < -0.4 is 0 Å². The van der Waals surface area contributed by atoms with Crippen molar-refractivity contribution < 1.29 is 9.90 Å². The molecule has 0 radical (unpaired) electrons. The Morgan fingerprint density at radius 2 is 1.83 bits per heavy atom. The third-order valence-corrected chi connectivity index (χ3v) is 4.18. The van der Waals surface area contributed by atoms with Crippen LogP contribution in [0.5, 0.6) is 0 Å². The van der Waals surface area contributed by atoms with Gasteiger partial charge >= 0.3 is 5.97 Å². The summed E-state index contributed by atoms with van der Waals surface area (Å²) in [6, 6.07) is 6.92. The van der Waals surface area contributed by atoms with Crippen LogP contribution in [0.1, 0.15) is 29.8 Å². The van der Waals surface area contributed by atoms with Crippen LogP contribution in [0, 0.1) is 0 Å². The topological polar surface area (TPSA) is 40.5 Å². The first-order chi connectivity index (χ1) is 8.58. The van der Waals surface area contributed by atoms with Gasteiger partial charge in [-0.25, -0.2) is 4.79 Å². The van der Waals surface area contributed by atoms with Crippen molar-refractivity contribution in [1.82, 2.24) is 4.90 Å². The highest BCUT2D eigenvalue weighted by atomic mass is 32.2. The second-order valence-electron chi connectivity index (χ2n) is 3.73. The van der Waals surface area contributed by atoms with Gasteiger partial charge in [-0.15, -0.1) is 0 Å². The smallest absolute Gasteiger partial charge is 0.335 e. The monoisotopic (exact) mass is 283 g/mol. The second kappa shape index (κ2) is 7.38. The maximum absolute atomic E-state index is 10.7. The van der Waals surface area contributed by atoms with Gasteiger partial charge in [-0.1, -0.05) is 36.1 Å². The Kier molecular flexibility index (Phi) is 6.15. The van der Waals surface area contributed by atoms with E-state index in [2.05, 4.69) is 18.7 Å². The van der Waals surface area contributed by atoms with Crippen LogP contribution in [0.2, 0.25) is 0 Å². The van der Waals surface area contributed by atoms with Crippen LogP contribution in [-0.2, 0) is 5.75 Å². The molecule has 0 atom stereocenters. The molecular formula is C13H17NO2S2. The van der Waals surface area contributed by atoms with Gasteiger partial charge in [0.25, 0.3) is 0 Å². The van der Waals surface area contributed by atoms with Crippen molar-refractivity contribution in [1.29, 1.82) is 0 Å². The van der Waals surface area contributed by atoms with E-state index in [1.807, 2.05) is 12.1 Å². The third kappa shape index (κ3) is 4.31. The van der Waals surface area contributed by atoms with Gasteiger partial charge in [0, 0.05) is 18.8 Å². The highest BCUT2D eigenvalue weighted by molar-refractivity contribution is 8.22. The number of hydrogen-bond acceptors (Lipinski definition) is 3. The standard InChI is InChI=1S/C13H17NO2S2/c1-3-14(4-2)13(17)18-9-10-5-7-11(8-6-10)12(15)16/h5-8H,3-4,9H2,1-2H3,(H,15,16). The number of carboxylic acid groups (broad SMARTS) is 1. The van der Waals surface area contributed by atoms with E-state index in [0.717, 1.165) is 28.7 Å². The summed E-state index contributed by atoms with van der Waals surface area (Å²) >= 11 is 6.95. The molecule has 0 bridgehead atoms. The number of thioether (sulfide) groups is 1. The molecule has 3 nitrogen and oxygen atoms in total. The summed E-state index contributed by atoms with van der Waals surface area (Å²) in [6.07, 6.45) is 0. The summed E-state index contributed by atoms with van der Waals surface area (Å²) in [5, 5.41) is 8.80. The van der Waals surface area contributed by atoms with Crippen LogP contribution in [0.3, 0.4) is 0 Å². The number of carboxylic acids is 1. The highest BCUT2D eigenvalue weighted by Crippen LogP contribution is 2.17. The molecule has 0 heterocycles. The molecule has 0 amide bonds. The Hall–Kier alpha value is -1.07. The van der Waals surface area contributed by atoms with Crippen LogP contribution >= 0.6 is 24.0 Å². The lowest BCUT2D eigenvalue weighted by Crippen LogP contribution is -2.26. The molecule has 5 heteroatoms. The van der Waals surface area contributed by atoms with Crippen molar-refractivity contribution in [2.75, 3.05) is 13.1 Å². The molecule has 0 unspecified atom stereocenters. The maximum Gasteiger partial charge on any atom is 0.335 e. The minimum absolute atomic E-state index is 0.315. The number of nitrogens with zero attached hydrogens (tertiary/aromatic N) is 1. The van der Waals surface area contributed by atoms with Crippen LogP contribution in [-0.4, -0.2) is 33.4 Å². The predicted molar refractivity (Wildman–Crippen MR) is 80.2 cm³/mol. The van der Waals surface area contributed by atoms with E-state index >= 15 is 0 Å². The molecule has 0 aliphatic carbocycles. The number of hydrogen-bond donors (Lipinski definition) is 1. The molecule has 98 valence electrons. The van der Waals surface area contributed by atoms with Crippen molar-refractivity contribution in [3.8, 4) is 0 Å². The lowest BCUT2D eigenvalue weighted by atomic mass is 10.1. The highest BCUT2D eigenvalue weighted by Gasteiger charge is 2.07. The van der Waals surface area contributed by atoms with E-state index in [1.165, 1.54) is 0 Å². The minimum atomic E-state index is -0.895. The summed E-state index contributed by atoms with van der Waals surface area (Å²) in [4.78, 5) is 12.8. The normalized spacial score (nSPS) is 10.1. The van der Waals surface area contributed by atoms with E-state index < -0.39 is 5.97 Å². The first kappa shape index (κ1) is 15.0. The summed E-state index contributed by atoms with van der Waals surface area (Å²) < 4.78 is 0.891. The fraction of sp³-hybridized carbons (Fsp3) is 0.385. The lowest BCUT2D eigenvalue weighted by Gasteiger charge is -2.20. The van der Waals surface area contributed by atoms with Crippen molar-refractivity contribution in [2.45, 2.75) is 19.6 Å². The SMILES string of the molecule is CCN(CC)C(=S)SCc1ccc(C(=O)O)cc1. The Morgan fingerprint density at radius 3 is 2.28 bits per heavy atom. The molecule has 0 aliphatic rings. The van der Waals surface area contributed by atoms with E-state index in [4.69, 9.17) is 17.3 Å². The molecule has 0 spiro atoms. The van der Waals surface area contributed by atoms with Crippen molar-refractivity contribution in [2.24, 2.45) is 0 Å². The maximum atomic E-state index is 10.7. The van der Waals surface area contributed by atoms with Gasteiger partial charge < -0.3 is 10.0 Å². The fourth-order valence-electron chi connectivity index (χ4n) is 1.46. The quantitative estimate of drug-likeness (QED) is 0.840. The zero-order valence-corrected chi connectivity index (χ0v) is 12.2. The van der Waals surface area contributed by atoms with Crippen molar-refractivity contribution >= 4 is 34.3 Å². The number of rotatable bonds is 5. The van der Waals surface area contributed by atoms with Gasteiger partial charge in [-0.3, -0.25) is 0 Å². The Balaban J connectivity index is 2.53. The first-order valence-corrected chi connectivity index (χ1v) is 7.21. The van der Waals surface area contributed by atoms with E-state index in [0.29, 0.717) is 5.56 Å². The summed E-state index contributed by atoms with van der Waals surface area (Å²) in [6.45, 7) is 6.00. The largest absolute Gasteiger partial charge is 0.478 e. The number of aromatic carboxylic acids is 1. The van der Waals surface area contributed by atoms with Crippen LogP contribution in [0.15, 0.2) is 24.3 Å². The summed E-state index contributed by atoms with van der Waals surface area (Å²) in [5.41, 5.74) is 1.40. The lowest BCUT2D eigenvalue weighted by molar-refractivity contribution is 0.0697. The molecule has 1 aromatic carbocycles. The van der Waals surface area contributed by atoms with Gasteiger partial charge in [0.2, 0.25) is 0 Å². The average molecular weight is 283 g/mol. The van der Waals surface area contributed by atoms with Crippen LogP contribution in [0.4, 0.5) is 0 Å². The molecule has 1 N–H and O–H groups in total. The molecule has 0 aliphatic heterocycles. The number of thiocarbonyl (C=S) groups is 1. The van der Waals surface area contributed by atoms with Gasteiger partial charge in [0.15, 0.2) is 0 Å². The molecule has 18 heavy (non-hydrogen) atoms. The molecule has 0 saturated carbocycles. The minimum Gasteiger partial charge on any atom is -0.478 e. The zero-order chi connectivity index (χ0) is 13.5. The third-order valence-electron chi connectivity index (χ3n) is 2.58. The Labute approximate surface area is 117 Å². The molecular weight excluding hydrogens is 266 g/mol. The number of benzene rings is 1. The molecule has 0 aromatic heterocycles. The number of carbonyl (C=O) groups is 1. The van der Waals surface area contributed by atoms with E-state index in [1.54, 1.807) is 23.9 Å². The fourth-order valence-corrected chi connectivity index (χ4v) is 2.82. The van der Waals surface area contributed by atoms with E-state index in [-0.39, 0.29) is 0 Å². The zero-order valence-electron chi connectivity index (χ0n) is 10.5. The van der Waals surface area contributed by atoms with Gasteiger partial charge in [0.1, 0.15) is 4.32 Å². The molecule has 0 saturated heterocycles. The first-order valence-electron chi connectivity index (χ1n) is 5.82. The Morgan fingerprint density at radius 1 is 1.28 bits per heavy atom. The van der Waals surface area contributed by atoms with Gasteiger partial charge in [-0.05, 0) is 31.5 Å². The summed E-state index contributed by atoms with van der Waals surface area (Å²) in [7, 11) is 0. The van der Waals surface area contributed by atoms with Gasteiger partial charge in [0.05, 0.1) is 5.56 Å². The predicted octanol–water partition coefficient (Wildman–Crippen LogP) is 3.24. The molecule has 0 fully saturated rings. The van der Waals surface area contributed by atoms with Crippen molar-refractivity contribution in [3.63, 3.8) is 0 Å². The van der Waals surface area contributed by atoms with Gasteiger partial charge in [-0.2, -0.15) is 0 Å². The van der Waals surface area contributed by atoms with E-state index in [9.17, 15) is 4.79 Å². The molecule has 1 aromatic rings. The van der Waals surface area contributed by atoms with Crippen LogP contribution in [0.25, 0.3) is 0 Å². The Bertz CT molecular complexity index is 414. The average Bonchev–Trinajstić information content (AvgIpc) is 2.38. The second-order valence-corrected chi connectivity index (χ2v) is 5.34. The van der Waals surface area contributed by atoms with Crippen molar-refractivity contribution in [3.05, 3.63) is 35.4 Å². The molecule has 1 rings (SSSR count).